The molecule has 1 aromatic rings. The highest BCUT2D eigenvalue weighted by molar-refractivity contribution is 5.33. The van der Waals surface area contributed by atoms with Crippen LogP contribution in [0.5, 0.6) is 0 Å². The van der Waals surface area contributed by atoms with Gasteiger partial charge in [-0.15, -0.1) is 0 Å². The Balaban J connectivity index is 2.23. The van der Waals surface area contributed by atoms with Gasteiger partial charge >= 0.3 is 0 Å². The first-order chi connectivity index (χ1) is 6.70. The van der Waals surface area contributed by atoms with Crippen LogP contribution in [0.1, 0.15) is 11.1 Å². The zero-order valence-corrected chi connectivity index (χ0v) is 7.57. The van der Waals surface area contributed by atoms with Crippen molar-refractivity contribution in [2.45, 2.75) is 18.9 Å². The molecule has 0 heterocycles. The van der Waals surface area contributed by atoms with Crippen LogP contribution in [0.25, 0.3) is 0 Å². The van der Waals surface area contributed by atoms with Gasteiger partial charge in [-0.2, -0.15) is 5.26 Å². The van der Waals surface area contributed by atoms with E-state index in [-0.39, 0.29) is 11.7 Å². The Hall–Kier alpha value is -1.40. The molecule has 1 aromatic carbocycles. The average Bonchev–Trinajstić information content (AvgIpc) is 2.59. The SMILES string of the molecule is N#CC(O)C1Cc2ccc(F)cc2C1. The molecule has 0 aliphatic heterocycles. The lowest BCUT2D eigenvalue weighted by Crippen LogP contribution is -2.18. The molecule has 2 rings (SSSR count). The van der Waals surface area contributed by atoms with Crippen molar-refractivity contribution >= 4 is 0 Å². The minimum atomic E-state index is -0.939. The molecule has 0 saturated heterocycles. The fourth-order valence-electron chi connectivity index (χ4n) is 1.95. The molecule has 1 aliphatic rings. The molecule has 0 spiro atoms. The molecule has 2 atom stereocenters. The number of halogens is 1. The Morgan fingerprint density at radius 1 is 1.43 bits per heavy atom. The summed E-state index contributed by atoms with van der Waals surface area (Å²) in [6.45, 7) is 0. The number of aliphatic hydroxyl groups excluding tert-OH is 1. The van der Waals surface area contributed by atoms with Crippen LogP contribution in [0.3, 0.4) is 0 Å². The van der Waals surface area contributed by atoms with E-state index in [4.69, 9.17) is 5.26 Å². The smallest absolute Gasteiger partial charge is 0.143 e. The van der Waals surface area contributed by atoms with E-state index in [1.165, 1.54) is 12.1 Å². The molecular formula is C11H10FNO. The predicted molar refractivity (Wildman–Crippen MR) is 48.9 cm³/mol. The van der Waals surface area contributed by atoms with E-state index in [9.17, 15) is 9.50 Å². The van der Waals surface area contributed by atoms with Gasteiger partial charge in [0.1, 0.15) is 11.9 Å². The second-order valence-corrected chi connectivity index (χ2v) is 3.66. The Kier molecular flexibility index (Phi) is 2.22. The van der Waals surface area contributed by atoms with Crippen LogP contribution >= 0.6 is 0 Å². The number of nitrogens with zero attached hydrogens (tertiary/aromatic N) is 1. The van der Waals surface area contributed by atoms with Gasteiger partial charge in [-0.1, -0.05) is 6.07 Å². The summed E-state index contributed by atoms with van der Waals surface area (Å²) in [6, 6.07) is 6.45. The van der Waals surface area contributed by atoms with Gasteiger partial charge in [-0.05, 0) is 36.1 Å². The molecule has 0 aromatic heterocycles. The van der Waals surface area contributed by atoms with Crippen molar-refractivity contribution in [1.82, 2.24) is 0 Å². The van der Waals surface area contributed by atoms with Gasteiger partial charge in [0.05, 0.1) is 6.07 Å². The molecule has 1 aliphatic carbocycles. The van der Waals surface area contributed by atoms with Gasteiger partial charge in [0.2, 0.25) is 0 Å². The minimum absolute atomic E-state index is 0.0724. The molecular weight excluding hydrogens is 181 g/mol. The number of aliphatic hydroxyl groups is 1. The van der Waals surface area contributed by atoms with Crippen molar-refractivity contribution < 1.29 is 9.50 Å². The van der Waals surface area contributed by atoms with Crippen molar-refractivity contribution in [1.29, 1.82) is 5.26 Å². The molecule has 2 unspecified atom stereocenters. The first kappa shape index (κ1) is 9.17. The van der Waals surface area contributed by atoms with Crippen LogP contribution in [0, 0.1) is 23.1 Å². The summed E-state index contributed by atoms with van der Waals surface area (Å²) in [5.41, 5.74) is 1.97. The third-order valence-electron chi connectivity index (χ3n) is 2.71. The molecule has 0 fully saturated rings. The van der Waals surface area contributed by atoms with Gasteiger partial charge in [0.25, 0.3) is 0 Å². The summed E-state index contributed by atoms with van der Waals surface area (Å²) in [7, 11) is 0. The lowest BCUT2D eigenvalue weighted by atomic mass is 10.0. The summed E-state index contributed by atoms with van der Waals surface area (Å²) in [6.07, 6.45) is 0.331. The fourth-order valence-corrected chi connectivity index (χ4v) is 1.95. The first-order valence-corrected chi connectivity index (χ1v) is 4.55. The van der Waals surface area contributed by atoms with Crippen molar-refractivity contribution in [2.24, 2.45) is 5.92 Å². The van der Waals surface area contributed by atoms with Crippen LogP contribution in [-0.4, -0.2) is 11.2 Å². The second-order valence-electron chi connectivity index (χ2n) is 3.66. The van der Waals surface area contributed by atoms with Crippen molar-refractivity contribution in [3.05, 3.63) is 35.1 Å². The molecule has 72 valence electrons. The Bertz CT molecular complexity index is 397. The standard InChI is InChI=1S/C11H10FNO/c12-10-2-1-7-3-9(11(14)6-13)4-8(7)5-10/h1-2,5,9,11,14H,3-4H2. The minimum Gasteiger partial charge on any atom is -0.378 e. The van der Waals surface area contributed by atoms with E-state index in [2.05, 4.69) is 0 Å². The van der Waals surface area contributed by atoms with Crippen molar-refractivity contribution in [2.75, 3.05) is 0 Å². The zero-order chi connectivity index (χ0) is 10.1. The van der Waals surface area contributed by atoms with E-state index in [0.29, 0.717) is 12.8 Å². The molecule has 0 bridgehead atoms. The van der Waals surface area contributed by atoms with E-state index < -0.39 is 6.10 Å². The van der Waals surface area contributed by atoms with Crippen LogP contribution in [0.4, 0.5) is 4.39 Å². The average molecular weight is 191 g/mol. The number of benzene rings is 1. The van der Waals surface area contributed by atoms with E-state index in [1.54, 1.807) is 6.07 Å². The van der Waals surface area contributed by atoms with E-state index in [0.717, 1.165) is 11.1 Å². The molecule has 3 heteroatoms. The highest BCUT2D eigenvalue weighted by atomic mass is 19.1. The Morgan fingerprint density at radius 2 is 2.14 bits per heavy atom. The van der Waals surface area contributed by atoms with Gasteiger partial charge in [-0.25, -0.2) is 4.39 Å². The Morgan fingerprint density at radius 3 is 2.86 bits per heavy atom. The number of nitriles is 1. The summed E-state index contributed by atoms with van der Waals surface area (Å²) in [4.78, 5) is 0. The van der Waals surface area contributed by atoms with Gasteiger partial charge in [0.15, 0.2) is 0 Å². The third kappa shape index (κ3) is 1.49. The monoisotopic (exact) mass is 191 g/mol. The van der Waals surface area contributed by atoms with Gasteiger partial charge in [0, 0.05) is 5.92 Å². The van der Waals surface area contributed by atoms with Crippen LogP contribution < -0.4 is 0 Å². The van der Waals surface area contributed by atoms with E-state index in [1.807, 2.05) is 6.07 Å². The highest BCUT2D eigenvalue weighted by Gasteiger charge is 2.27. The predicted octanol–water partition coefficient (Wildman–Crippen LogP) is 1.42. The third-order valence-corrected chi connectivity index (χ3v) is 2.71. The van der Waals surface area contributed by atoms with E-state index >= 15 is 0 Å². The number of hydrogen-bond acceptors (Lipinski definition) is 2. The topological polar surface area (TPSA) is 44.0 Å². The Labute approximate surface area is 81.6 Å². The maximum absolute atomic E-state index is 12.8. The van der Waals surface area contributed by atoms with Crippen LogP contribution in [-0.2, 0) is 12.8 Å². The van der Waals surface area contributed by atoms with Crippen LogP contribution in [0.2, 0.25) is 0 Å². The van der Waals surface area contributed by atoms with Crippen LogP contribution in [0.15, 0.2) is 18.2 Å². The molecule has 0 saturated carbocycles. The number of fused-ring (bicyclic) bond motifs is 1. The molecule has 0 amide bonds. The highest BCUT2D eigenvalue weighted by Crippen LogP contribution is 2.29. The lowest BCUT2D eigenvalue weighted by molar-refractivity contribution is 0.164. The largest absolute Gasteiger partial charge is 0.378 e. The summed E-state index contributed by atoms with van der Waals surface area (Å²) >= 11 is 0. The lowest BCUT2D eigenvalue weighted by Gasteiger charge is -2.08. The van der Waals surface area contributed by atoms with Crippen molar-refractivity contribution in [3.8, 4) is 6.07 Å². The number of rotatable bonds is 1. The first-order valence-electron chi connectivity index (χ1n) is 4.55. The summed E-state index contributed by atoms with van der Waals surface area (Å²) in [5.74, 6) is -0.326. The van der Waals surface area contributed by atoms with Gasteiger partial charge < -0.3 is 5.11 Å². The maximum atomic E-state index is 12.8. The maximum Gasteiger partial charge on any atom is 0.143 e. The van der Waals surface area contributed by atoms with Crippen molar-refractivity contribution in [3.63, 3.8) is 0 Å². The fraction of sp³-hybridized carbons (Fsp3) is 0.364. The quantitative estimate of drug-likeness (QED) is 0.682. The normalized spacial score (nSPS) is 21.4. The molecule has 1 N–H and O–H groups in total. The molecule has 2 nitrogen and oxygen atoms in total. The summed E-state index contributed by atoms with van der Waals surface area (Å²) in [5, 5.41) is 17.9. The molecule has 14 heavy (non-hydrogen) atoms. The summed E-state index contributed by atoms with van der Waals surface area (Å²) < 4.78 is 12.8. The van der Waals surface area contributed by atoms with Gasteiger partial charge in [-0.3, -0.25) is 0 Å². The molecule has 0 radical (unpaired) electrons. The zero-order valence-electron chi connectivity index (χ0n) is 7.57. The number of hydrogen-bond donors (Lipinski definition) is 1. The second kappa shape index (κ2) is 3.39.